The smallest absolute Gasteiger partial charge is 0.275 e. The van der Waals surface area contributed by atoms with Crippen molar-refractivity contribution in [3.05, 3.63) is 69.7 Å². The normalized spacial score (nSPS) is 12.0. The van der Waals surface area contributed by atoms with Crippen molar-refractivity contribution in [2.75, 3.05) is 13.6 Å². The Morgan fingerprint density at radius 1 is 1.14 bits per heavy atom. The van der Waals surface area contributed by atoms with Gasteiger partial charge in [-0.25, -0.2) is 0 Å². The van der Waals surface area contributed by atoms with E-state index in [2.05, 4.69) is 5.32 Å². The summed E-state index contributed by atoms with van der Waals surface area (Å²) in [4.78, 5) is 13.1. The van der Waals surface area contributed by atoms with E-state index >= 15 is 0 Å². The Bertz CT molecular complexity index is 646. The van der Waals surface area contributed by atoms with Gasteiger partial charge in [-0.2, -0.15) is 0 Å². The number of carbonyl (C=O) groups excluding carboxylic acids is 1. The summed E-state index contributed by atoms with van der Waals surface area (Å²) in [6, 6.07) is 15.2. The van der Waals surface area contributed by atoms with Crippen molar-refractivity contribution in [2.45, 2.75) is 13.1 Å². The van der Waals surface area contributed by atoms with Gasteiger partial charge in [0.25, 0.3) is 5.91 Å². The molecule has 0 radical (unpaired) electrons. The first-order valence-electron chi connectivity index (χ1n) is 7.10. The molecular formula is C17H19Cl2N2O+. The quantitative estimate of drug-likeness (QED) is 0.833. The molecule has 1 unspecified atom stereocenters. The molecule has 1 atom stereocenters. The van der Waals surface area contributed by atoms with Crippen LogP contribution in [-0.2, 0) is 17.9 Å². The summed E-state index contributed by atoms with van der Waals surface area (Å²) >= 11 is 12.0. The van der Waals surface area contributed by atoms with Crippen LogP contribution in [0.25, 0.3) is 0 Å². The fourth-order valence-corrected chi connectivity index (χ4v) is 2.65. The summed E-state index contributed by atoms with van der Waals surface area (Å²) in [5.41, 5.74) is 2.04. The van der Waals surface area contributed by atoms with E-state index in [0.717, 1.165) is 22.6 Å². The first-order valence-corrected chi connectivity index (χ1v) is 7.86. The van der Waals surface area contributed by atoms with E-state index in [1.54, 1.807) is 0 Å². The highest BCUT2D eigenvalue weighted by atomic mass is 35.5. The molecule has 0 aliphatic carbocycles. The molecule has 2 aromatic carbocycles. The number of quaternary nitrogens is 1. The van der Waals surface area contributed by atoms with Crippen molar-refractivity contribution in [3.8, 4) is 0 Å². The lowest BCUT2D eigenvalue weighted by molar-refractivity contribution is -0.885. The molecule has 0 aliphatic rings. The standard InChI is InChI=1S/C17H18Cl2N2O/c1-21(11-13-5-4-7-15(18)9-13)12-17(22)20-10-14-6-2-3-8-16(14)19/h2-9H,10-12H2,1H3,(H,20,22)/p+1. The summed E-state index contributed by atoms with van der Waals surface area (Å²) in [5, 5.41) is 4.28. The average Bonchev–Trinajstić information content (AvgIpc) is 2.46. The lowest BCUT2D eigenvalue weighted by Gasteiger charge is -2.14. The zero-order valence-corrected chi connectivity index (χ0v) is 13.9. The SMILES string of the molecule is C[NH+](CC(=O)NCc1ccccc1Cl)Cc1cccc(Cl)c1. The number of carbonyl (C=O) groups is 1. The van der Waals surface area contributed by atoms with Crippen LogP contribution < -0.4 is 10.2 Å². The minimum Gasteiger partial charge on any atom is -0.347 e. The van der Waals surface area contributed by atoms with Gasteiger partial charge in [0.15, 0.2) is 6.54 Å². The number of halogens is 2. The molecule has 5 heteroatoms. The third kappa shape index (κ3) is 5.34. The van der Waals surface area contributed by atoms with E-state index in [-0.39, 0.29) is 5.91 Å². The minimum absolute atomic E-state index is 0.000511. The number of nitrogens with one attached hydrogen (secondary N) is 2. The maximum absolute atomic E-state index is 12.0. The Morgan fingerprint density at radius 2 is 1.91 bits per heavy atom. The van der Waals surface area contributed by atoms with Crippen molar-refractivity contribution in [3.63, 3.8) is 0 Å². The fraction of sp³-hybridized carbons (Fsp3) is 0.235. The van der Waals surface area contributed by atoms with Crippen molar-refractivity contribution in [1.82, 2.24) is 5.32 Å². The van der Waals surface area contributed by atoms with Crippen LogP contribution in [0.5, 0.6) is 0 Å². The number of hydrogen-bond acceptors (Lipinski definition) is 1. The van der Waals surface area contributed by atoms with E-state index in [0.29, 0.717) is 23.1 Å². The largest absolute Gasteiger partial charge is 0.347 e. The molecule has 2 rings (SSSR count). The third-order valence-corrected chi connectivity index (χ3v) is 3.89. The number of likely N-dealkylation sites (N-methyl/N-ethyl adjacent to an activating group) is 1. The van der Waals surface area contributed by atoms with Gasteiger partial charge in [-0.15, -0.1) is 0 Å². The Balaban J connectivity index is 1.80. The Morgan fingerprint density at radius 3 is 2.64 bits per heavy atom. The molecule has 116 valence electrons. The van der Waals surface area contributed by atoms with Gasteiger partial charge in [0.2, 0.25) is 0 Å². The molecular weight excluding hydrogens is 319 g/mol. The van der Waals surface area contributed by atoms with Gasteiger partial charge in [0.05, 0.1) is 7.05 Å². The number of hydrogen-bond donors (Lipinski definition) is 2. The molecule has 2 aromatic rings. The Hall–Kier alpha value is -1.55. The maximum atomic E-state index is 12.0. The maximum Gasteiger partial charge on any atom is 0.275 e. The zero-order valence-electron chi connectivity index (χ0n) is 12.4. The summed E-state index contributed by atoms with van der Waals surface area (Å²) < 4.78 is 0. The second kappa shape index (κ2) is 8.18. The summed E-state index contributed by atoms with van der Waals surface area (Å²) in [6.45, 7) is 1.60. The predicted octanol–water partition coefficient (Wildman–Crippen LogP) is 2.32. The van der Waals surface area contributed by atoms with Crippen molar-refractivity contribution in [2.24, 2.45) is 0 Å². The first-order chi connectivity index (χ1) is 10.5. The molecule has 0 aliphatic heterocycles. The van der Waals surface area contributed by atoms with Crippen molar-refractivity contribution >= 4 is 29.1 Å². The summed E-state index contributed by atoms with van der Waals surface area (Å²) in [7, 11) is 1.98. The predicted molar refractivity (Wildman–Crippen MR) is 90.2 cm³/mol. The highest BCUT2D eigenvalue weighted by Crippen LogP contribution is 2.14. The molecule has 3 nitrogen and oxygen atoms in total. The average molecular weight is 338 g/mol. The van der Waals surface area contributed by atoms with E-state index in [9.17, 15) is 4.79 Å². The second-order valence-corrected chi connectivity index (χ2v) is 6.15. The Kier molecular flexibility index (Phi) is 6.25. The monoisotopic (exact) mass is 337 g/mol. The molecule has 2 N–H and O–H groups in total. The minimum atomic E-state index is -0.000511. The van der Waals surface area contributed by atoms with E-state index in [4.69, 9.17) is 23.2 Å². The third-order valence-electron chi connectivity index (χ3n) is 3.29. The molecule has 22 heavy (non-hydrogen) atoms. The topological polar surface area (TPSA) is 33.5 Å². The number of benzene rings is 2. The van der Waals surface area contributed by atoms with Gasteiger partial charge >= 0.3 is 0 Å². The van der Waals surface area contributed by atoms with Crippen LogP contribution >= 0.6 is 23.2 Å². The molecule has 0 aromatic heterocycles. The summed E-state index contributed by atoms with van der Waals surface area (Å²) in [6.07, 6.45) is 0. The van der Waals surface area contributed by atoms with Gasteiger partial charge in [-0.1, -0.05) is 53.5 Å². The fourth-order valence-electron chi connectivity index (χ4n) is 2.23. The zero-order chi connectivity index (χ0) is 15.9. The highest BCUT2D eigenvalue weighted by molar-refractivity contribution is 6.31. The van der Waals surface area contributed by atoms with E-state index < -0.39 is 0 Å². The summed E-state index contributed by atoms with van der Waals surface area (Å²) in [5.74, 6) is -0.000511. The lowest BCUT2D eigenvalue weighted by Crippen LogP contribution is -3.08. The molecule has 1 amide bonds. The molecule has 0 heterocycles. The van der Waals surface area contributed by atoms with E-state index in [1.165, 1.54) is 0 Å². The Labute approximate surface area is 140 Å². The van der Waals surface area contributed by atoms with Crippen molar-refractivity contribution < 1.29 is 9.69 Å². The van der Waals surface area contributed by atoms with Gasteiger partial charge in [0.1, 0.15) is 6.54 Å². The van der Waals surface area contributed by atoms with E-state index in [1.807, 2.05) is 55.6 Å². The molecule has 0 saturated carbocycles. The van der Waals surface area contributed by atoms with Crippen LogP contribution in [0.2, 0.25) is 10.0 Å². The molecule has 0 fully saturated rings. The van der Waals surface area contributed by atoms with Crippen LogP contribution in [0.1, 0.15) is 11.1 Å². The number of amides is 1. The first kappa shape index (κ1) is 16.8. The molecule has 0 bridgehead atoms. The van der Waals surface area contributed by atoms with Crippen molar-refractivity contribution in [1.29, 1.82) is 0 Å². The van der Waals surface area contributed by atoms with Crippen LogP contribution in [0.3, 0.4) is 0 Å². The van der Waals surface area contributed by atoms with Crippen LogP contribution in [-0.4, -0.2) is 19.5 Å². The van der Waals surface area contributed by atoms with Gasteiger partial charge in [-0.3, -0.25) is 4.79 Å². The second-order valence-electron chi connectivity index (χ2n) is 5.31. The number of rotatable bonds is 6. The molecule has 0 spiro atoms. The van der Waals surface area contributed by atoms with Gasteiger partial charge < -0.3 is 10.2 Å². The van der Waals surface area contributed by atoms with Gasteiger partial charge in [0, 0.05) is 22.2 Å². The van der Waals surface area contributed by atoms with Gasteiger partial charge in [-0.05, 0) is 23.8 Å². The van der Waals surface area contributed by atoms with Crippen LogP contribution in [0.4, 0.5) is 0 Å². The molecule has 0 saturated heterocycles. The van der Waals surface area contributed by atoms with Crippen LogP contribution in [0, 0.1) is 0 Å². The highest BCUT2D eigenvalue weighted by Gasteiger charge is 2.11. The van der Waals surface area contributed by atoms with Crippen LogP contribution in [0.15, 0.2) is 48.5 Å². The lowest BCUT2D eigenvalue weighted by atomic mass is 10.2.